The summed E-state index contributed by atoms with van der Waals surface area (Å²) in [4.78, 5) is 14.6. The van der Waals surface area contributed by atoms with Gasteiger partial charge < -0.3 is 4.90 Å². The van der Waals surface area contributed by atoms with E-state index in [1.807, 2.05) is 0 Å². The Kier molecular flexibility index (Phi) is 5.64. The summed E-state index contributed by atoms with van der Waals surface area (Å²) in [6.07, 6.45) is 6.83. The van der Waals surface area contributed by atoms with Gasteiger partial charge in [-0.25, -0.2) is 8.78 Å². The van der Waals surface area contributed by atoms with Crippen molar-refractivity contribution in [2.75, 3.05) is 24.2 Å². The van der Waals surface area contributed by atoms with Crippen LogP contribution in [0, 0.1) is 11.6 Å². The minimum absolute atomic E-state index is 0.000443. The number of aromatic nitrogens is 2. The molecule has 0 amide bonds. The molecule has 134 valence electrons. The molecule has 0 aliphatic carbocycles. The van der Waals surface area contributed by atoms with Gasteiger partial charge in [0.1, 0.15) is 16.5 Å². The van der Waals surface area contributed by atoms with Gasteiger partial charge in [0, 0.05) is 24.4 Å². The second-order valence-electron chi connectivity index (χ2n) is 5.96. The normalized spacial score (nSPS) is 18.2. The molecule has 0 bridgehead atoms. The molecule has 0 spiro atoms. The summed E-state index contributed by atoms with van der Waals surface area (Å²) >= 11 is 8.09. The zero-order valence-corrected chi connectivity index (χ0v) is 15.3. The molecular formula is C17H18ClF2N3OS. The summed E-state index contributed by atoms with van der Waals surface area (Å²) < 4.78 is 27.9. The van der Waals surface area contributed by atoms with Crippen molar-refractivity contribution in [3.8, 4) is 5.69 Å². The van der Waals surface area contributed by atoms with Gasteiger partial charge in [-0.2, -0.15) is 21.5 Å². The molecule has 1 aromatic heterocycles. The van der Waals surface area contributed by atoms with Crippen LogP contribution in [0.3, 0.4) is 0 Å². The maximum absolute atomic E-state index is 14.0. The van der Waals surface area contributed by atoms with E-state index < -0.39 is 17.2 Å². The highest BCUT2D eigenvalue weighted by Gasteiger charge is 2.22. The smallest absolute Gasteiger partial charge is 0.292 e. The predicted molar refractivity (Wildman–Crippen MR) is 98.1 cm³/mol. The molecule has 3 rings (SSSR count). The Bertz CT molecular complexity index is 830. The molecule has 0 radical (unpaired) electrons. The molecule has 1 atom stereocenters. The Hall–Kier alpha value is -1.60. The molecule has 8 heteroatoms. The Balaban J connectivity index is 1.99. The number of hydrogen-bond donors (Lipinski definition) is 0. The molecule has 1 aliphatic rings. The lowest BCUT2D eigenvalue weighted by molar-refractivity contribution is 0.570. The molecule has 1 unspecified atom stereocenters. The lowest BCUT2D eigenvalue weighted by Crippen LogP contribution is -2.32. The summed E-state index contributed by atoms with van der Waals surface area (Å²) in [7, 11) is 0. The highest BCUT2D eigenvalue weighted by molar-refractivity contribution is 7.99. The first-order chi connectivity index (χ1) is 12.0. The van der Waals surface area contributed by atoms with E-state index in [0.717, 1.165) is 43.1 Å². The molecule has 0 N–H and O–H groups in total. The van der Waals surface area contributed by atoms with Gasteiger partial charge in [-0.1, -0.05) is 18.0 Å². The van der Waals surface area contributed by atoms with E-state index in [1.54, 1.807) is 11.8 Å². The standard InChI is InChI=1S/C17H18ClF2N3OS/c1-25-12-4-2-3-7-22(10-12)15-9-21-23(17(24)16(15)18)14-6-5-11(19)8-13(14)20/h5-6,8-9,12H,2-4,7,10H2,1H3. The molecule has 1 aliphatic heterocycles. The van der Waals surface area contributed by atoms with Crippen LogP contribution >= 0.6 is 23.4 Å². The first-order valence-electron chi connectivity index (χ1n) is 8.02. The number of halogens is 3. The van der Waals surface area contributed by atoms with Crippen LogP contribution in [0.1, 0.15) is 19.3 Å². The third-order valence-corrected chi connectivity index (χ3v) is 5.75. The van der Waals surface area contributed by atoms with Crippen LogP contribution in [0.2, 0.25) is 5.02 Å². The lowest BCUT2D eigenvalue weighted by Gasteiger charge is -2.26. The van der Waals surface area contributed by atoms with Gasteiger partial charge in [0.05, 0.1) is 11.9 Å². The second kappa shape index (κ2) is 7.74. The number of nitrogens with zero attached hydrogens (tertiary/aromatic N) is 3. The van der Waals surface area contributed by atoms with Crippen molar-refractivity contribution >= 4 is 29.1 Å². The fourth-order valence-corrected chi connectivity index (χ4v) is 3.96. The summed E-state index contributed by atoms with van der Waals surface area (Å²) in [5.41, 5.74) is -0.182. The number of hydrogen-bond acceptors (Lipinski definition) is 4. The maximum Gasteiger partial charge on any atom is 0.292 e. The van der Waals surface area contributed by atoms with Crippen molar-refractivity contribution in [1.29, 1.82) is 0 Å². The first kappa shape index (κ1) is 18.2. The van der Waals surface area contributed by atoms with Crippen LogP contribution in [0.5, 0.6) is 0 Å². The summed E-state index contributed by atoms with van der Waals surface area (Å²) in [5, 5.41) is 4.53. The molecule has 25 heavy (non-hydrogen) atoms. The first-order valence-corrected chi connectivity index (χ1v) is 9.69. The Labute approximate surface area is 153 Å². The van der Waals surface area contributed by atoms with Crippen molar-refractivity contribution in [1.82, 2.24) is 9.78 Å². The number of benzene rings is 1. The SMILES string of the molecule is CSC1CCCCN(c2cnn(-c3ccc(F)cc3F)c(=O)c2Cl)C1. The van der Waals surface area contributed by atoms with Crippen molar-refractivity contribution in [3.63, 3.8) is 0 Å². The Morgan fingerprint density at radius 3 is 2.80 bits per heavy atom. The minimum atomic E-state index is -0.865. The van der Waals surface area contributed by atoms with Gasteiger partial charge in [-0.3, -0.25) is 4.79 Å². The van der Waals surface area contributed by atoms with E-state index in [2.05, 4.69) is 16.3 Å². The second-order valence-corrected chi connectivity index (χ2v) is 7.47. The fourth-order valence-electron chi connectivity index (χ4n) is 2.98. The molecule has 0 saturated carbocycles. The van der Waals surface area contributed by atoms with Crippen molar-refractivity contribution in [3.05, 3.63) is 51.4 Å². The predicted octanol–water partition coefficient (Wildman–Crippen LogP) is 3.89. The maximum atomic E-state index is 14.0. The van der Waals surface area contributed by atoms with Crippen LogP contribution in [0.25, 0.3) is 5.69 Å². The number of thioether (sulfide) groups is 1. The summed E-state index contributed by atoms with van der Waals surface area (Å²) in [6.45, 7) is 1.59. The highest BCUT2D eigenvalue weighted by atomic mass is 35.5. The van der Waals surface area contributed by atoms with E-state index in [9.17, 15) is 13.6 Å². The van der Waals surface area contributed by atoms with Gasteiger partial charge in [-0.15, -0.1) is 0 Å². The Morgan fingerprint density at radius 2 is 2.08 bits per heavy atom. The van der Waals surface area contributed by atoms with Crippen molar-refractivity contribution in [2.45, 2.75) is 24.5 Å². The minimum Gasteiger partial charge on any atom is -0.368 e. The van der Waals surface area contributed by atoms with E-state index >= 15 is 0 Å². The molecule has 1 fully saturated rings. The molecule has 4 nitrogen and oxygen atoms in total. The molecule has 2 aromatic rings. The van der Waals surface area contributed by atoms with Crippen molar-refractivity contribution < 1.29 is 8.78 Å². The third kappa shape index (κ3) is 3.82. The summed E-state index contributed by atoms with van der Waals surface area (Å²) in [6, 6.07) is 2.96. The van der Waals surface area contributed by atoms with E-state index in [-0.39, 0.29) is 10.7 Å². The average Bonchev–Trinajstić information content (AvgIpc) is 2.83. The van der Waals surface area contributed by atoms with Crippen LogP contribution in [0.4, 0.5) is 14.5 Å². The molecular weight excluding hydrogens is 368 g/mol. The van der Waals surface area contributed by atoms with Crippen LogP contribution < -0.4 is 10.5 Å². The van der Waals surface area contributed by atoms with Crippen LogP contribution in [0.15, 0.2) is 29.2 Å². The molecule has 1 aromatic carbocycles. The van der Waals surface area contributed by atoms with Crippen LogP contribution in [-0.2, 0) is 0 Å². The topological polar surface area (TPSA) is 38.1 Å². The number of anilines is 1. The zero-order chi connectivity index (χ0) is 18.0. The Morgan fingerprint density at radius 1 is 1.28 bits per heavy atom. The van der Waals surface area contributed by atoms with Gasteiger partial charge >= 0.3 is 0 Å². The van der Waals surface area contributed by atoms with Gasteiger partial charge in [-0.05, 0) is 31.2 Å². The zero-order valence-electron chi connectivity index (χ0n) is 13.7. The van der Waals surface area contributed by atoms with Gasteiger partial charge in [0.15, 0.2) is 5.82 Å². The lowest BCUT2D eigenvalue weighted by atomic mass is 10.2. The monoisotopic (exact) mass is 385 g/mol. The highest BCUT2D eigenvalue weighted by Crippen LogP contribution is 2.28. The van der Waals surface area contributed by atoms with E-state index in [4.69, 9.17) is 11.6 Å². The molecule has 1 saturated heterocycles. The summed E-state index contributed by atoms with van der Waals surface area (Å²) in [5.74, 6) is -1.58. The van der Waals surface area contributed by atoms with Crippen molar-refractivity contribution in [2.24, 2.45) is 0 Å². The van der Waals surface area contributed by atoms with Gasteiger partial charge in [0.25, 0.3) is 5.56 Å². The average molecular weight is 386 g/mol. The van der Waals surface area contributed by atoms with E-state index in [1.165, 1.54) is 12.3 Å². The fraction of sp³-hybridized carbons (Fsp3) is 0.412. The van der Waals surface area contributed by atoms with E-state index in [0.29, 0.717) is 17.0 Å². The quantitative estimate of drug-likeness (QED) is 0.803. The number of rotatable bonds is 3. The van der Waals surface area contributed by atoms with Gasteiger partial charge in [0.2, 0.25) is 0 Å². The largest absolute Gasteiger partial charge is 0.368 e. The molecule has 2 heterocycles. The third-order valence-electron chi connectivity index (χ3n) is 4.34. The van der Waals surface area contributed by atoms with Crippen LogP contribution in [-0.4, -0.2) is 34.4 Å².